The van der Waals surface area contributed by atoms with Crippen LogP contribution in [0.3, 0.4) is 0 Å². The van der Waals surface area contributed by atoms with E-state index in [-0.39, 0.29) is 0 Å². The van der Waals surface area contributed by atoms with Crippen molar-refractivity contribution in [3.05, 3.63) is 66.2 Å². The standard InChI is InChI=1S/C20H23N5O2S/c1-16-6-5-7-18(14-16)28(26,27)25-12-10-24(11-13-25)20-15-19(21-17(2)22-20)23-8-3-4-9-23/h3-9,14-15H,10-13H2,1-2H3. The Hall–Kier alpha value is -2.71. The van der Waals surface area contributed by atoms with Gasteiger partial charge in [-0.1, -0.05) is 12.1 Å². The Labute approximate surface area is 165 Å². The summed E-state index contributed by atoms with van der Waals surface area (Å²) in [6.45, 7) is 5.81. The highest BCUT2D eigenvalue weighted by Gasteiger charge is 2.29. The van der Waals surface area contributed by atoms with E-state index in [2.05, 4.69) is 14.9 Å². The molecule has 1 aliphatic heterocycles. The highest BCUT2D eigenvalue weighted by molar-refractivity contribution is 7.89. The lowest BCUT2D eigenvalue weighted by Gasteiger charge is -2.34. The van der Waals surface area contributed by atoms with Gasteiger partial charge in [0.05, 0.1) is 4.90 Å². The van der Waals surface area contributed by atoms with E-state index in [0.717, 1.165) is 17.2 Å². The van der Waals surface area contributed by atoms with E-state index in [0.29, 0.717) is 36.9 Å². The lowest BCUT2D eigenvalue weighted by molar-refractivity contribution is 0.383. The molecule has 0 atom stereocenters. The zero-order valence-electron chi connectivity index (χ0n) is 16.0. The zero-order valence-corrected chi connectivity index (χ0v) is 16.8. The summed E-state index contributed by atoms with van der Waals surface area (Å²) < 4.78 is 29.3. The van der Waals surface area contributed by atoms with Crippen LogP contribution in [-0.2, 0) is 10.0 Å². The number of sulfonamides is 1. The van der Waals surface area contributed by atoms with E-state index in [1.807, 2.05) is 55.1 Å². The molecule has 0 bridgehead atoms. The monoisotopic (exact) mass is 397 g/mol. The quantitative estimate of drug-likeness (QED) is 0.676. The highest BCUT2D eigenvalue weighted by Crippen LogP contribution is 2.22. The first-order chi connectivity index (χ1) is 13.4. The summed E-state index contributed by atoms with van der Waals surface area (Å²) in [4.78, 5) is 11.5. The average Bonchev–Trinajstić information content (AvgIpc) is 3.22. The molecular weight excluding hydrogens is 374 g/mol. The normalized spacial score (nSPS) is 15.7. The van der Waals surface area contributed by atoms with Gasteiger partial charge in [0.25, 0.3) is 0 Å². The maximum Gasteiger partial charge on any atom is 0.243 e. The predicted molar refractivity (Wildman–Crippen MR) is 108 cm³/mol. The molecule has 3 heterocycles. The van der Waals surface area contributed by atoms with Crippen molar-refractivity contribution in [2.75, 3.05) is 31.1 Å². The molecule has 0 aliphatic carbocycles. The van der Waals surface area contributed by atoms with Crippen LogP contribution >= 0.6 is 0 Å². The van der Waals surface area contributed by atoms with Crippen molar-refractivity contribution in [1.29, 1.82) is 0 Å². The Kier molecular flexibility index (Phi) is 4.91. The maximum absolute atomic E-state index is 12.9. The first kappa shape index (κ1) is 18.6. The number of hydrogen-bond acceptors (Lipinski definition) is 5. The Bertz CT molecular complexity index is 1070. The molecule has 146 valence electrons. The SMILES string of the molecule is Cc1cccc(S(=O)(=O)N2CCN(c3cc(-n4cccc4)nc(C)n3)CC2)c1. The van der Waals surface area contributed by atoms with E-state index in [4.69, 9.17) is 0 Å². The van der Waals surface area contributed by atoms with Crippen LogP contribution in [0.15, 0.2) is 59.8 Å². The van der Waals surface area contributed by atoms with Crippen molar-refractivity contribution < 1.29 is 8.42 Å². The Morgan fingerprint density at radius 2 is 1.54 bits per heavy atom. The van der Waals surface area contributed by atoms with Crippen LogP contribution in [0.25, 0.3) is 5.82 Å². The molecule has 0 N–H and O–H groups in total. The second-order valence-electron chi connectivity index (χ2n) is 6.93. The number of hydrogen-bond donors (Lipinski definition) is 0. The lowest BCUT2D eigenvalue weighted by atomic mass is 10.2. The third-order valence-electron chi connectivity index (χ3n) is 4.87. The minimum absolute atomic E-state index is 0.355. The van der Waals surface area contributed by atoms with Gasteiger partial charge in [0.2, 0.25) is 10.0 Å². The van der Waals surface area contributed by atoms with Crippen molar-refractivity contribution in [2.45, 2.75) is 18.7 Å². The van der Waals surface area contributed by atoms with Gasteiger partial charge in [0.1, 0.15) is 17.5 Å². The summed E-state index contributed by atoms with van der Waals surface area (Å²) in [6, 6.07) is 12.9. The summed E-state index contributed by atoms with van der Waals surface area (Å²) in [7, 11) is -3.47. The van der Waals surface area contributed by atoms with E-state index >= 15 is 0 Å². The summed E-state index contributed by atoms with van der Waals surface area (Å²) in [5, 5.41) is 0. The Morgan fingerprint density at radius 1 is 0.857 bits per heavy atom. The average molecular weight is 398 g/mol. The summed E-state index contributed by atoms with van der Waals surface area (Å²) in [6.07, 6.45) is 3.88. The molecule has 3 aromatic rings. The van der Waals surface area contributed by atoms with Crippen LogP contribution in [-0.4, -0.2) is 53.4 Å². The molecule has 2 aromatic heterocycles. The minimum atomic E-state index is -3.47. The predicted octanol–water partition coefficient (Wildman–Crippen LogP) is 2.40. The van der Waals surface area contributed by atoms with E-state index in [9.17, 15) is 8.42 Å². The van der Waals surface area contributed by atoms with Crippen LogP contribution in [0.1, 0.15) is 11.4 Å². The third-order valence-corrected chi connectivity index (χ3v) is 6.76. The lowest BCUT2D eigenvalue weighted by Crippen LogP contribution is -2.49. The first-order valence-electron chi connectivity index (χ1n) is 9.24. The van der Waals surface area contributed by atoms with Gasteiger partial charge in [-0.2, -0.15) is 4.31 Å². The summed E-state index contributed by atoms with van der Waals surface area (Å²) in [5.74, 6) is 2.32. The Morgan fingerprint density at radius 3 is 2.21 bits per heavy atom. The van der Waals surface area contributed by atoms with Crippen LogP contribution < -0.4 is 4.90 Å². The molecule has 1 saturated heterocycles. The van der Waals surface area contributed by atoms with Crippen molar-refractivity contribution >= 4 is 15.8 Å². The molecule has 1 aliphatic rings. The molecule has 8 heteroatoms. The highest BCUT2D eigenvalue weighted by atomic mass is 32.2. The van der Waals surface area contributed by atoms with E-state index in [1.54, 1.807) is 22.5 Å². The van der Waals surface area contributed by atoms with Crippen molar-refractivity contribution in [1.82, 2.24) is 18.8 Å². The van der Waals surface area contributed by atoms with Crippen LogP contribution in [0.5, 0.6) is 0 Å². The van der Waals surface area contributed by atoms with Gasteiger partial charge in [0, 0.05) is 44.6 Å². The van der Waals surface area contributed by atoms with Crippen LogP contribution in [0.4, 0.5) is 5.82 Å². The molecule has 0 unspecified atom stereocenters. The fraction of sp³-hybridized carbons (Fsp3) is 0.300. The van der Waals surface area contributed by atoms with Crippen LogP contribution in [0, 0.1) is 13.8 Å². The molecule has 0 saturated carbocycles. The van der Waals surface area contributed by atoms with Gasteiger partial charge in [-0.05, 0) is 43.7 Å². The number of benzene rings is 1. The fourth-order valence-electron chi connectivity index (χ4n) is 3.40. The molecule has 0 amide bonds. The molecule has 0 radical (unpaired) electrons. The Balaban J connectivity index is 1.52. The second kappa shape index (κ2) is 7.37. The molecular formula is C20H23N5O2S. The topological polar surface area (TPSA) is 71.3 Å². The molecule has 1 fully saturated rings. The largest absolute Gasteiger partial charge is 0.354 e. The van der Waals surface area contributed by atoms with Crippen molar-refractivity contribution in [3.8, 4) is 5.82 Å². The number of rotatable bonds is 4. The minimum Gasteiger partial charge on any atom is -0.354 e. The number of aromatic nitrogens is 3. The van der Waals surface area contributed by atoms with Gasteiger partial charge in [-0.15, -0.1) is 0 Å². The van der Waals surface area contributed by atoms with Crippen molar-refractivity contribution in [3.63, 3.8) is 0 Å². The van der Waals surface area contributed by atoms with Gasteiger partial charge in [0.15, 0.2) is 0 Å². The molecule has 0 spiro atoms. The summed E-state index contributed by atoms with van der Waals surface area (Å²) in [5.41, 5.74) is 0.939. The summed E-state index contributed by atoms with van der Waals surface area (Å²) >= 11 is 0. The smallest absolute Gasteiger partial charge is 0.243 e. The first-order valence-corrected chi connectivity index (χ1v) is 10.7. The van der Waals surface area contributed by atoms with E-state index < -0.39 is 10.0 Å². The fourth-order valence-corrected chi connectivity index (χ4v) is 4.93. The van der Waals surface area contributed by atoms with Gasteiger partial charge in [-0.3, -0.25) is 0 Å². The van der Waals surface area contributed by atoms with E-state index in [1.165, 1.54) is 0 Å². The van der Waals surface area contributed by atoms with Crippen molar-refractivity contribution in [2.24, 2.45) is 0 Å². The number of piperazine rings is 1. The van der Waals surface area contributed by atoms with Gasteiger partial charge >= 0.3 is 0 Å². The molecule has 4 rings (SSSR count). The number of anilines is 1. The third kappa shape index (κ3) is 3.65. The molecule has 28 heavy (non-hydrogen) atoms. The molecule has 1 aromatic carbocycles. The zero-order chi connectivity index (χ0) is 19.7. The van der Waals surface area contributed by atoms with Gasteiger partial charge < -0.3 is 9.47 Å². The number of aryl methyl sites for hydroxylation is 2. The maximum atomic E-state index is 12.9. The second-order valence-corrected chi connectivity index (χ2v) is 8.87. The molecule has 7 nitrogen and oxygen atoms in total. The number of nitrogens with zero attached hydrogens (tertiary/aromatic N) is 5. The van der Waals surface area contributed by atoms with Gasteiger partial charge in [-0.25, -0.2) is 18.4 Å². The van der Waals surface area contributed by atoms with Crippen LogP contribution in [0.2, 0.25) is 0 Å².